The molecule has 5 heteroatoms. The third-order valence-corrected chi connectivity index (χ3v) is 3.14. The molecule has 2 unspecified atom stereocenters. The minimum Gasteiger partial charge on any atom is -0.491 e. The Morgan fingerprint density at radius 2 is 2.00 bits per heavy atom. The van der Waals surface area contributed by atoms with Gasteiger partial charge in [-0.25, -0.2) is 0 Å². The number of nitrogens with zero attached hydrogens (tertiary/aromatic N) is 2. The van der Waals surface area contributed by atoms with Crippen LogP contribution < -0.4 is 10.1 Å². The van der Waals surface area contributed by atoms with E-state index in [-0.39, 0.29) is 6.61 Å². The number of hydrogen-bond donors (Lipinski definition) is 2. The summed E-state index contributed by atoms with van der Waals surface area (Å²) in [5.41, 5.74) is 0.597. The lowest BCUT2D eigenvalue weighted by atomic mass is 10.2. The summed E-state index contributed by atoms with van der Waals surface area (Å²) in [5, 5.41) is 21.9. The van der Waals surface area contributed by atoms with E-state index in [2.05, 4.69) is 23.2 Å². The van der Waals surface area contributed by atoms with Gasteiger partial charge in [-0.2, -0.15) is 5.26 Å². The van der Waals surface area contributed by atoms with E-state index in [4.69, 9.17) is 10.00 Å². The average molecular weight is 291 g/mol. The van der Waals surface area contributed by atoms with Crippen molar-refractivity contribution in [3.8, 4) is 11.8 Å². The van der Waals surface area contributed by atoms with Gasteiger partial charge in [-0.15, -0.1) is 0 Å². The normalized spacial score (nSPS) is 13.7. The summed E-state index contributed by atoms with van der Waals surface area (Å²) in [5.74, 6) is 0.661. The number of aliphatic hydroxyl groups excluding tert-OH is 1. The van der Waals surface area contributed by atoms with Crippen LogP contribution in [0, 0.1) is 11.3 Å². The summed E-state index contributed by atoms with van der Waals surface area (Å²) in [4.78, 5) is 2.14. The molecule has 2 atom stereocenters. The molecule has 0 aromatic heterocycles. The molecular weight excluding hydrogens is 266 g/mol. The maximum absolute atomic E-state index is 9.89. The van der Waals surface area contributed by atoms with Gasteiger partial charge in [0.15, 0.2) is 0 Å². The molecule has 1 aromatic rings. The number of ether oxygens (including phenoxy) is 1. The molecule has 0 amide bonds. The topological polar surface area (TPSA) is 68.5 Å². The number of nitrogens with one attached hydrogen (secondary N) is 1. The molecule has 2 N–H and O–H groups in total. The number of rotatable bonds is 9. The molecule has 0 bridgehead atoms. The Morgan fingerprint density at radius 1 is 1.33 bits per heavy atom. The zero-order valence-corrected chi connectivity index (χ0v) is 13.0. The van der Waals surface area contributed by atoms with E-state index in [1.54, 1.807) is 24.3 Å². The van der Waals surface area contributed by atoms with Gasteiger partial charge in [-0.1, -0.05) is 0 Å². The van der Waals surface area contributed by atoms with E-state index in [1.807, 2.05) is 14.1 Å². The second-order valence-electron chi connectivity index (χ2n) is 5.50. The van der Waals surface area contributed by atoms with Gasteiger partial charge >= 0.3 is 0 Å². The van der Waals surface area contributed by atoms with E-state index >= 15 is 0 Å². The average Bonchev–Trinajstić information content (AvgIpc) is 2.49. The molecule has 1 aromatic carbocycles. The molecule has 0 aliphatic heterocycles. The van der Waals surface area contributed by atoms with Crippen molar-refractivity contribution in [2.45, 2.75) is 25.5 Å². The van der Waals surface area contributed by atoms with Crippen molar-refractivity contribution in [1.29, 1.82) is 5.26 Å². The molecule has 0 spiro atoms. The van der Waals surface area contributed by atoms with E-state index in [0.717, 1.165) is 13.0 Å². The summed E-state index contributed by atoms with van der Waals surface area (Å²) < 4.78 is 5.49. The number of hydrogen-bond acceptors (Lipinski definition) is 5. The first-order valence-electron chi connectivity index (χ1n) is 7.20. The van der Waals surface area contributed by atoms with Crippen LogP contribution in [0.3, 0.4) is 0 Å². The van der Waals surface area contributed by atoms with Gasteiger partial charge in [0.1, 0.15) is 18.5 Å². The minimum atomic E-state index is -0.553. The summed E-state index contributed by atoms with van der Waals surface area (Å²) in [7, 11) is 4.10. The quantitative estimate of drug-likeness (QED) is 0.716. The minimum absolute atomic E-state index is 0.235. The predicted octanol–water partition coefficient (Wildman–Crippen LogP) is 1.23. The fourth-order valence-corrected chi connectivity index (χ4v) is 1.77. The second kappa shape index (κ2) is 9.35. The molecule has 0 radical (unpaired) electrons. The van der Waals surface area contributed by atoms with E-state index in [0.29, 0.717) is 23.9 Å². The molecule has 5 nitrogen and oxygen atoms in total. The van der Waals surface area contributed by atoms with Crippen molar-refractivity contribution in [1.82, 2.24) is 10.2 Å². The highest BCUT2D eigenvalue weighted by atomic mass is 16.5. The molecule has 21 heavy (non-hydrogen) atoms. The summed E-state index contributed by atoms with van der Waals surface area (Å²) in [6, 6.07) is 9.28. The van der Waals surface area contributed by atoms with Crippen molar-refractivity contribution < 1.29 is 9.84 Å². The molecule has 0 fully saturated rings. The monoisotopic (exact) mass is 291 g/mol. The maximum Gasteiger partial charge on any atom is 0.119 e. The first-order valence-corrected chi connectivity index (χ1v) is 7.20. The predicted molar refractivity (Wildman–Crippen MR) is 83.3 cm³/mol. The van der Waals surface area contributed by atoms with Crippen LogP contribution in [0.4, 0.5) is 0 Å². The first-order chi connectivity index (χ1) is 10.0. The Morgan fingerprint density at radius 3 is 2.57 bits per heavy atom. The highest BCUT2D eigenvalue weighted by molar-refractivity contribution is 5.34. The van der Waals surface area contributed by atoms with Crippen molar-refractivity contribution in [3.63, 3.8) is 0 Å². The van der Waals surface area contributed by atoms with Crippen LogP contribution >= 0.6 is 0 Å². The van der Waals surface area contributed by atoms with Crippen molar-refractivity contribution in [2.75, 3.05) is 33.8 Å². The molecule has 1 rings (SSSR count). The highest BCUT2D eigenvalue weighted by Crippen LogP contribution is 2.11. The van der Waals surface area contributed by atoms with Gasteiger partial charge in [0, 0.05) is 12.6 Å². The number of benzene rings is 1. The van der Waals surface area contributed by atoms with Crippen molar-refractivity contribution in [2.24, 2.45) is 0 Å². The number of aliphatic hydroxyl groups is 1. The molecule has 0 saturated carbocycles. The second-order valence-corrected chi connectivity index (χ2v) is 5.50. The Hall–Kier alpha value is -1.61. The molecule has 116 valence electrons. The lowest BCUT2D eigenvalue weighted by Crippen LogP contribution is -2.37. The molecule has 0 aliphatic rings. The van der Waals surface area contributed by atoms with Gasteiger partial charge < -0.3 is 20.1 Å². The van der Waals surface area contributed by atoms with Gasteiger partial charge in [-0.05, 0) is 58.3 Å². The Bertz CT molecular complexity index is 440. The Kier molecular flexibility index (Phi) is 7.76. The first kappa shape index (κ1) is 17.4. The third kappa shape index (κ3) is 7.66. The van der Waals surface area contributed by atoms with Crippen molar-refractivity contribution in [3.05, 3.63) is 29.8 Å². The van der Waals surface area contributed by atoms with Crippen LogP contribution in [0.25, 0.3) is 0 Å². The summed E-state index contributed by atoms with van der Waals surface area (Å²) >= 11 is 0. The summed E-state index contributed by atoms with van der Waals surface area (Å²) in [6.07, 6.45) is 0.485. The van der Waals surface area contributed by atoms with Gasteiger partial charge in [-0.3, -0.25) is 0 Å². The van der Waals surface area contributed by atoms with E-state index < -0.39 is 6.10 Å². The van der Waals surface area contributed by atoms with Crippen LogP contribution in [0.1, 0.15) is 18.9 Å². The Labute approximate surface area is 127 Å². The van der Waals surface area contributed by atoms with Gasteiger partial charge in [0.25, 0.3) is 0 Å². The van der Waals surface area contributed by atoms with E-state index in [1.165, 1.54) is 0 Å². The maximum atomic E-state index is 9.89. The zero-order chi connectivity index (χ0) is 15.7. The van der Waals surface area contributed by atoms with Crippen LogP contribution in [0.5, 0.6) is 5.75 Å². The van der Waals surface area contributed by atoms with Crippen LogP contribution in [0.2, 0.25) is 0 Å². The molecule has 0 saturated heterocycles. The van der Waals surface area contributed by atoms with E-state index in [9.17, 15) is 5.11 Å². The fourth-order valence-electron chi connectivity index (χ4n) is 1.77. The lowest BCUT2D eigenvalue weighted by molar-refractivity contribution is 0.103. The molecule has 0 heterocycles. The zero-order valence-electron chi connectivity index (χ0n) is 13.0. The van der Waals surface area contributed by atoms with Crippen LogP contribution in [-0.4, -0.2) is 55.9 Å². The standard InChI is InChI=1S/C16H25N3O2/c1-13(8-9-19(2)3)18-11-15(20)12-21-16-6-4-14(10-17)5-7-16/h4-7,13,15,18,20H,8-9,11-12H2,1-3H3. The Balaban J connectivity index is 2.21. The SMILES string of the molecule is CC(CCN(C)C)NCC(O)COc1ccc(C#N)cc1. The van der Waals surface area contributed by atoms with Crippen molar-refractivity contribution >= 4 is 0 Å². The smallest absolute Gasteiger partial charge is 0.119 e. The van der Waals surface area contributed by atoms with Crippen LogP contribution in [-0.2, 0) is 0 Å². The van der Waals surface area contributed by atoms with Gasteiger partial charge in [0.05, 0.1) is 11.6 Å². The molecule has 0 aliphatic carbocycles. The fraction of sp³-hybridized carbons (Fsp3) is 0.562. The largest absolute Gasteiger partial charge is 0.491 e. The van der Waals surface area contributed by atoms with Crippen LogP contribution in [0.15, 0.2) is 24.3 Å². The number of nitriles is 1. The molecular formula is C16H25N3O2. The lowest BCUT2D eigenvalue weighted by Gasteiger charge is -2.19. The summed E-state index contributed by atoms with van der Waals surface area (Å²) in [6.45, 7) is 3.87. The van der Waals surface area contributed by atoms with Gasteiger partial charge in [0.2, 0.25) is 0 Å². The highest BCUT2D eigenvalue weighted by Gasteiger charge is 2.08. The third-order valence-electron chi connectivity index (χ3n) is 3.14.